The third-order valence-corrected chi connectivity index (χ3v) is 3.66. The highest BCUT2D eigenvalue weighted by atomic mass is 32.1. The highest BCUT2D eigenvalue weighted by molar-refractivity contribution is 7.10. The van der Waals surface area contributed by atoms with Gasteiger partial charge in [-0.15, -0.1) is 11.3 Å². The molecule has 6 heteroatoms. The van der Waals surface area contributed by atoms with Crippen molar-refractivity contribution in [3.05, 3.63) is 33.7 Å². The van der Waals surface area contributed by atoms with Crippen molar-refractivity contribution in [3.8, 4) is 6.07 Å². The maximum atomic E-state index is 11.8. The van der Waals surface area contributed by atoms with E-state index in [1.807, 2.05) is 11.4 Å². The number of aliphatic hydroxyl groups excluding tert-OH is 1. The van der Waals surface area contributed by atoms with Crippen molar-refractivity contribution in [1.29, 1.82) is 5.26 Å². The fourth-order valence-electron chi connectivity index (χ4n) is 2.00. The van der Waals surface area contributed by atoms with Crippen LogP contribution in [-0.4, -0.2) is 28.2 Å². The number of nitriles is 1. The SMILES string of the molecule is CC(=O)C1=C(O)C(=O)N(CC#N)[C@@H]1c1cccs1. The van der Waals surface area contributed by atoms with Crippen LogP contribution < -0.4 is 0 Å². The number of carbonyl (C=O) groups excluding carboxylic acids is 2. The van der Waals surface area contributed by atoms with Crippen molar-refractivity contribution >= 4 is 23.0 Å². The van der Waals surface area contributed by atoms with Crippen molar-refractivity contribution in [2.24, 2.45) is 0 Å². The molecule has 1 aromatic rings. The zero-order valence-electron chi connectivity index (χ0n) is 9.58. The van der Waals surface area contributed by atoms with Gasteiger partial charge in [-0.25, -0.2) is 0 Å². The molecule has 92 valence electrons. The normalized spacial score (nSPS) is 19.2. The van der Waals surface area contributed by atoms with Gasteiger partial charge in [0.2, 0.25) is 0 Å². The fraction of sp³-hybridized carbons (Fsp3) is 0.250. The molecule has 1 aromatic heterocycles. The minimum atomic E-state index is -0.667. The molecule has 0 fully saturated rings. The second-order valence-corrected chi connectivity index (χ2v) is 4.81. The molecule has 1 atom stereocenters. The number of hydrogen-bond donors (Lipinski definition) is 1. The number of amides is 1. The van der Waals surface area contributed by atoms with E-state index in [0.29, 0.717) is 0 Å². The Balaban J connectivity index is 2.52. The standard InChI is InChI=1S/C12H10N2O3S/c1-7(15)9-10(8-3-2-6-18-8)14(5-4-13)12(17)11(9)16/h2-3,6,10,16H,5H2,1H3/t10-/m1/s1. The van der Waals surface area contributed by atoms with Gasteiger partial charge in [0, 0.05) is 4.88 Å². The molecule has 0 spiro atoms. The topological polar surface area (TPSA) is 81.4 Å². The number of aliphatic hydroxyl groups is 1. The van der Waals surface area contributed by atoms with Crippen LogP contribution in [0, 0.1) is 11.3 Å². The van der Waals surface area contributed by atoms with E-state index in [1.165, 1.54) is 23.2 Å². The van der Waals surface area contributed by atoms with Crippen LogP contribution in [0.3, 0.4) is 0 Å². The maximum absolute atomic E-state index is 11.8. The van der Waals surface area contributed by atoms with Gasteiger partial charge in [-0.1, -0.05) is 6.07 Å². The predicted molar refractivity (Wildman–Crippen MR) is 64.7 cm³/mol. The summed E-state index contributed by atoms with van der Waals surface area (Å²) >= 11 is 1.37. The van der Waals surface area contributed by atoms with E-state index in [9.17, 15) is 14.7 Å². The zero-order chi connectivity index (χ0) is 13.3. The van der Waals surface area contributed by atoms with Crippen molar-refractivity contribution in [2.45, 2.75) is 13.0 Å². The van der Waals surface area contributed by atoms with E-state index in [4.69, 9.17) is 5.26 Å². The quantitative estimate of drug-likeness (QED) is 0.838. The van der Waals surface area contributed by atoms with Gasteiger partial charge in [0.25, 0.3) is 5.91 Å². The van der Waals surface area contributed by atoms with Gasteiger partial charge in [-0.2, -0.15) is 5.26 Å². The van der Waals surface area contributed by atoms with E-state index in [-0.39, 0.29) is 17.9 Å². The first-order valence-electron chi connectivity index (χ1n) is 5.23. The molecule has 2 rings (SSSR count). The van der Waals surface area contributed by atoms with Crippen molar-refractivity contribution in [3.63, 3.8) is 0 Å². The Bertz CT molecular complexity index is 569. The lowest BCUT2D eigenvalue weighted by molar-refractivity contribution is -0.128. The van der Waals surface area contributed by atoms with Crippen molar-refractivity contribution in [1.82, 2.24) is 4.90 Å². The number of nitrogens with zero attached hydrogens (tertiary/aromatic N) is 2. The summed E-state index contributed by atoms with van der Waals surface area (Å²) in [6, 6.07) is 4.79. The summed E-state index contributed by atoms with van der Waals surface area (Å²) in [5.41, 5.74) is 0.0673. The first kappa shape index (κ1) is 12.3. The molecule has 0 aromatic carbocycles. The summed E-state index contributed by atoms with van der Waals surface area (Å²) in [5, 5.41) is 20.3. The van der Waals surface area contributed by atoms with Crippen LogP contribution in [-0.2, 0) is 9.59 Å². The molecule has 2 heterocycles. The van der Waals surface area contributed by atoms with Gasteiger partial charge >= 0.3 is 0 Å². The first-order chi connectivity index (χ1) is 8.57. The van der Waals surface area contributed by atoms with Crippen LogP contribution in [0.15, 0.2) is 28.8 Å². The van der Waals surface area contributed by atoms with Crippen LogP contribution >= 0.6 is 11.3 Å². The average molecular weight is 262 g/mol. The Labute approximate surface area is 108 Å². The molecule has 18 heavy (non-hydrogen) atoms. The molecule has 1 N–H and O–H groups in total. The van der Waals surface area contributed by atoms with Crippen LogP contribution in [0.1, 0.15) is 17.8 Å². The van der Waals surface area contributed by atoms with E-state index in [1.54, 1.807) is 12.1 Å². The number of hydrogen-bond acceptors (Lipinski definition) is 5. The molecule has 0 bridgehead atoms. The van der Waals surface area contributed by atoms with Gasteiger partial charge in [0.1, 0.15) is 12.6 Å². The second kappa shape index (κ2) is 4.63. The molecule has 0 radical (unpaired) electrons. The number of carbonyl (C=O) groups is 2. The lowest BCUT2D eigenvalue weighted by Gasteiger charge is -2.22. The summed E-state index contributed by atoms with van der Waals surface area (Å²) in [5.74, 6) is -1.57. The summed E-state index contributed by atoms with van der Waals surface area (Å²) < 4.78 is 0. The number of ketones is 1. The molecule has 0 saturated heterocycles. The van der Waals surface area contributed by atoms with Crippen LogP contribution in [0.25, 0.3) is 0 Å². The fourth-order valence-corrected chi connectivity index (χ4v) is 2.84. The van der Waals surface area contributed by atoms with Crippen LogP contribution in [0.4, 0.5) is 0 Å². The monoisotopic (exact) mass is 262 g/mol. The molecule has 1 aliphatic heterocycles. The lowest BCUT2D eigenvalue weighted by atomic mass is 10.0. The van der Waals surface area contributed by atoms with Crippen LogP contribution in [0.5, 0.6) is 0 Å². The smallest absolute Gasteiger partial charge is 0.290 e. The lowest BCUT2D eigenvalue weighted by Crippen LogP contribution is -2.30. The highest BCUT2D eigenvalue weighted by Gasteiger charge is 2.42. The van der Waals surface area contributed by atoms with Gasteiger partial charge in [0.15, 0.2) is 11.5 Å². The summed E-state index contributed by atoms with van der Waals surface area (Å²) in [4.78, 5) is 25.4. The number of rotatable bonds is 3. The van der Waals surface area contributed by atoms with Crippen LogP contribution in [0.2, 0.25) is 0 Å². The Morgan fingerprint density at radius 3 is 2.89 bits per heavy atom. The maximum Gasteiger partial charge on any atom is 0.290 e. The predicted octanol–water partition coefficient (Wildman–Crippen LogP) is 1.56. The minimum absolute atomic E-state index is 0.0673. The van der Waals surface area contributed by atoms with Gasteiger partial charge in [-0.05, 0) is 18.4 Å². The van der Waals surface area contributed by atoms with Gasteiger partial charge in [-0.3, -0.25) is 9.59 Å². The number of thiophene rings is 1. The molecular formula is C12H10N2O3S. The Kier molecular flexibility index (Phi) is 3.17. The van der Waals surface area contributed by atoms with E-state index < -0.39 is 17.7 Å². The van der Waals surface area contributed by atoms with E-state index in [0.717, 1.165) is 4.88 Å². The Hall–Kier alpha value is -2.13. The average Bonchev–Trinajstić information content (AvgIpc) is 2.91. The summed E-state index contributed by atoms with van der Waals surface area (Å²) in [6.45, 7) is 1.14. The molecule has 0 saturated carbocycles. The van der Waals surface area contributed by atoms with Crippen molar-refractivity contribution < 1.29 is 14.7 Å². The largest absolute Gasteiger partial charge is 0.503 e. The van der Waals surface area contributed by atoms with Gasteiger partial charge in [0.05, 0.1) is 11.6 Å². The minimum Gasteiger partial charge on any atom is -0.503 e. The molecule has 5 nitrogen and oxygen atoms in total. The highest BCUT2D eigenvalue weighted by Crippen LogP contribution is 2.39. The summed E-state index contributed by atoms with van der Waals surface area (Å²) in [6.07, 6.45) is 0. The Morgan fingerprint density at radius 2 is 2.39 bits per heavy atom. The van der Waals surface area contributed by atoms with Crippen molar-refractivity contribution in [2.75, 3.05) is 6.54 Å². The number of Topliss-reactive ketones (excluding diaryl/α,β-unsaturated/α-hetero) is 1. The molecule has 0 unspecified atom stereocenters. The molecular weight excluding hydrogens is 252 g/mol. The van der Waals surface area contributed by atoms with Gasteiger partial charge < -0.3 is 10.0 Å². The third kappa shape index (κ3) is 1.79. The Morgan fingerprint density at radius 1 is 1.67 bits per heavy atom. The van der Waals surface area contributed by atoms with E-state index >= 15 is 0 Å². The van der Waals surface area contributed by atoms with E-state index in [2.05, 4.69) is 0 Å². The molecule has 1 amide bonds. The molecule has 0 aliphatic carbocycles. The molecule has 1 aliphatic rings. The first-order valence-corrected chi connectivity index (χ1v) is 6.11. The zero-order valence-corrected chi connectivity index (χ0v) is 10.4. The second-order valence-electron chi connectivity index (χ2n) is 3.83. The summed E-state index contributed by atoms with van der Waals surface area (Å²) in [7, 11) is 0. The third-order valence-electron chi connectivity index (χ3n) is 2.74.